The first kappa shape index (κ1) is 17.4. The van der Waals surface area contributed by atoms with Crippen LogP contribution in [0.5, 0.6) is 23.0 Å². The summed E-state index contributed by atoms with van der Waals surface area (Å²) in [5.41, 5.74) is 2.15. The molecule has 27 heavy (non-hydrogen) atoms. The highest BCUT2D eigenvalue weighted by Crippen LogP contribution is 2.40. The Morgan fingerprint density at radius 1 is 0.926 bits per heavy atom. The lowest BCUT2D eigenvalue weighted by Gasteiger charge is -2.21. The van der Waals surface area contributed by atoms with Crippen LogP contribution in [0, 0.1) is 0 Å². The van der Waals surface area contributed by atoms with Gasteiger partial charge in [-0.3, -0.25) is 0 Å². The van der Waals surface area contributed by atoms with Crippen molar-refractivity contribution in [3.63, 3.8) is 0 Å². The quantitative estimate of drug-likeness (QED) is 0.740. The van der Waals surface area contributed by atoms with Gasteiger partial charge in [0.1, 0.15) is 17.2 Å². The molecule has 4 rings (SSSR count). The minimum absolute atomic E-state index is 0.150. The van der Waals surface area contributed by atoms with Crippen LogP contribution in [0.1, 0.15) is 5.56 Å². The van der Waals surface area contributed by atoms with Gasteiger partial charge in [0, 0.05) is 17.7 Å². The minimum atomic E-state index is -3.81. The number of rotatable bonds is 4. The highest BCUT2D eigenvalue weighted by Gasteiger charge is 2.26. The van der Waals surface area contributed by atoms with Crippen LogP contribution in [0.4, 0.5) is 0 Å². The Bertz CT molecular complexity index is 1060. The molecular weight excluding hydrogens is 366 g/mol. The lowest BCUT2D eigenvalue weighted by atomic mass is 10.0. The Kier molecular flexibility index (Phi) is 4.47. The molecule has 0 saturated heterocycles. The van der Waals surface area contributed by atoms with Gasteiger partial charge in [0.05, 0.1) is 7.11 Å². The number of para-hydroxylation sites is 1. The van der Waals surface area contributed by atoms with E-state index in [-0.39, 0.29) is 6.54 Å². The first-order chi connectivity index (χ1) is 13.0. The molecule has 138 valence electrons. The second kappa shape index (κ2) is 6.94. The van der Waals surface area contributed by atoms with E-state index in [1.54, 1.807) is 19.2 Å². The Hall–Kier alpha value is -3.03. The van der Waals surface area contributed by atoms with Crippen LogP contribution in [-0.2, 0) is 16.8 Å². The van der Waals surface area contributed by atoms with Crippen molar-refractivity contribution in [3.05, 3.63) is 72.3 Å². The zero-order chi connectivity index (χ0) is 18.9. The molecule has 0 spiro atoms. The van der Waals surface area contributed by atoms with E-state index in [1.165, 1.54) is 0 Å². The average molecular weight is 383 g/mol. The molecule has 0 fully saturated rings. The summed E-state index contributed by atoms with van der Waals surface area (Å²) in [4.78, 5) is 0. The molecule has 7 heteroatoms. The molecule has 1 aliphatic rings. The van der Waals surface area contributed by atoms with E-state index in [0.29, 0.717) is 28.4 Å². The maximum absolute atomic E-state index is 11.8. The van der Waals surface area contributed by atoms with Crippen molar-refractivity contribution in [2.75, 3.05) is 7.11 Å². The standard InChI is InChI=1S/C20H17NO5S/c1-24-18-11-15-13-21-27(22,23)26-20(15)19(12-18)14-7-9-17(10-8-14)25-16-5-3-2-4-6-16/h2-12,21H,13H2,1H3. The SMILES string of the molecule is COc1cc2c(c(-c3ccc(Oc4ccccc4)cc3)c1)OS(=O)(=O)NC2. The fourth-order valence-electron chi connectivity index (χ4n) is 2.85. The number of fused-ring (bicyclic) bond motifs is 1. The van der Waals surface area contributed by atoms with Crippen molar-refractivity contribution in [1.82, 2.24) is 4.72 Å². The maximum atomic E-state index is 11.8. The molecule has 0 amide bonds. The molecule has 3 aromatic rings. The van der Waals surface area contributed by atoms with E-state index < -0.39 is 10.3 Å². The van der Waals surface area contributed by atoms with Gasteiger partial charge in [-0.15, -0.1) is 0 Å². The van der Waals surface area contributed by atoms with E-state index in [2.05, 4.69) is 4.72 Å². The molecule has 6 nitrogen and oxygen atoms in total. The maximum Gasteiger partial charge on any atom is 0.382 e. The molecule has 1 aliphatic heterocycles. The van der Waals surface area contributed by atoms with E-state index in [1.807, 2.05) is 54.6 Å². The van der Waals surface area contributed by atoms with Gasteiger partial charge in [0.2, 0.25) is 0 Å². The van der Waals surface area contributed by atoms with Crippen molar-refractivity contribution in [3.8, 4) is 34.1 Å². The highest BCUT2D eigenvalue weighted by molar-refractivity contribution is 7.85. The molecule has 3 aromatic carbocycles. The van der Waals surface area contributed by atoms with Crippen LogP contribution in [-0.4, -0.2) is 15.5 Å². The molecule has 0 aliphatic carbocycles. The molecule has 0 unspecified atom stereocenters. The summed E-state index contributed by atoms with van der Waals surface area (Å²) < 4.78 is 42.3. The second-order valence-electron chi connectivity index (χ2n) is 5.96. The van der Waals surface area contributed by atoms with Gasteiger partial charge in [-0.2, -0.15) is 13.1 Å². The first-order valence-electron chi connectivity index (χ1n) is 8.27. The van der Waals surface area contributed by atoms with Gasteiger partial charge in [0.25, 0.3) is 0 Å². The summed E-state index contributed by atoms with van der Waals surface area (Å²) in [6.07, 6.45) is 0. The summed E-state index contributed by atoms with van der Waals surface area (Å²) in [6, 6.07) is 20.3. The van der Waals surface area contributed by atoms with Crippen LogP contribution in [0.15, 0.2) is 66.7 Å². The first-order valence-corrected chi connectivity index (χ1v) is 9.68. The van der Waals surface area contributed by atoms with Crippen molar-refractivity contribution < 1.29 is 22.1 Å². The molecule has 1 N–H and O–H groups in total. The van der Waals surface area contributed by atoms with E-state index in [4.69, 9.17) is 13.7 Å². The molecule has 0 saturated carbocycles. The number of nitrogens with one attached hydrogen (secondary N) is 1. The smallest absolute Gasteiger partial charge is 0.382 e. The Labute approximate surface area is 157 Å². The molecule has 0 atom stereocenters. The molecular formula is C20H17NO5S. The van der Waals surface area contributed by atoms with Crippen LogP contribution in [0.2, 0.25) is 0 Å². The fraction of sp³-hybridized carbons (Fsp3) is 0.100. The third-order valence-corrected chi connectivity index (χ3v) is 5.04. The van der Waals surface area contributed by atoms with Gasteiger partial charge in [-0.25, -0.2) is 0 Å². The molecule has 0 bridgehead atoms. The highest BCUT2D eigenvalue weighted by atomic mass is 32.2. The zero-order valence-corrected chi connectivity index (χ0v) is 15.3. The predicted octanol–water partition coefficient (Wildman–Crippen LogP) is 3.88. The van der Waals surface area contributed by atoms with Gasteiger partial charge < -0.3 is 13.7 Å². The van der Waals surface area contributed by atoms with Crippen LogP contribution >= 0.6 is 0 Å². The number of benzene rings is 3. The van der Waals surface area contributed by atoms with E-state index >= 15 is 0 Å². The number of hydrogen-bond acceptors (Lipinski definition) is 5. The third-order valence-electron chi connectivity index (χ3n) is 4.15. The predicted molar refractivity (Wildman–Crippen MR) is 101 cm³/mol. The Morgan fingerprint density at radius 3 is 2.33 bits per heavy atom. The average Bonchev–Trinajstić information content (AvgIpc) is 2.68. The summed E-state index contributed by atoms with van der Waals surface area (Å²) in [7, 11) is -2.24. The molecule has 0 aromatic heterocycles. The fourth-order valence-corrected chi connectivity index (χ4v) is 3.66. The van der Waals surface area contributed by atoms with Gasteiger partial charge in [-0.05, 0) is 42.0 Å². The number of hydrogen-bond donors (Lipinski definition) is 1. The normalized spacial score (nSPS) is 14.7. The molecule has 0 radical (unpaired) electrons. The van der Waals surface area contributed by atoms with Crippen molar-refractivity contribution in [2.24, 2.45) is 0 Å². The van der Waals surface area contributed by atoms with E-state index in [0.717, 1.165) is 11.3 Å². The van der Waals surface area contributed by atoms with Gasteiger partial charge >= 0.3 is 10.3 Å². The van der Waals surface area contributed by atoms with Crippen molar-refractivity contribution in [2.45, 2.75) is 6.54 Å². The van der Waals surface area contributed by atoms with Crippen LogP contribution in [0.3, 0.4) is 0 Å². The number of ether oxygens (including phenoxy) is 2. The summed E-state index contributed by atoms with van der Waals surface area (Å²) in [5.74, 6) is 2.35. The lowest BCUT2D eigenvalue weighted by molar-refractivity contribution is 0.411. The summed E-state index contributed by atoms with van der Waals surface area (Å²) >= 11 is 0. The van der Waals surface area contributed by atoms with Gasteiger partial charge in [0.15, 0.2) is 5.75 Å². The zero-order valence-electron chi connectivity index (χ0n) is 14.5. The van der Waals surface area contributed by atoms with Crippen LogP contribution in [0.25, 0.3) is 11.1 Å². The third kappa shape index (κ3) is 3.74. The van der Waals surface area contributed by atoms with Crippen molar-refractivity contribution in [1.29, 1.82) is 0 Å². The van der Waals surface area contributed by atoms with E-state index in [9.17, 15) is 8.42 Å². The van der Waals surface area contributed by atoms with Gasteiger partial charge in [-0.1, -0.05) is 30.3 Å². The molecule has 1 heterocycles. The Morgan fingerprint density at radius 2 is 1.63 bits per heavy atom. The largest absolute Gasteiger partial charge is 0.497 e. The van der Waals surface area contributed by atoms with Crippen LogP contribution < -0.4 is 18.4 Å². The minimum Gasteiger partial charge on any atom is -0.497 e. The summed E-state index contributed by atoms with van der Waals surface area (Å²) in [6.45, 7) is 0.150. The topological polar surface area (TPSA) is 73.9 Å². The summed E-state index contributed by atoms with van der Waals surface area (Å²) in [5, 5.41) is 0. The Balaban J connectivity index is 1.70. The second-order valence-corrected chi connectivity index (χ2v) is 7.32. The monoisotopic (exact) mass is 383 g/mol. The number of methoxy groups -OCH3 is 1. The van der Waals surface area contributed by atoms with Crippen molar-refractivity contribution >= 4 is 10.3 Å². The lowest BCUT2D eigenvalue weighted by Crippen LogP contribution is -2.32.